The molecular weight excluding hydrogens is 270 g/mol. The van der Waals surface area contributed by atoms with E-state index in [-0.39, 0.29) is 10.6 Å². The molecule has 1 N–H and O–H groups in total. The van der Waals surface area contributed by atoms with Gasteiger partial charge in [0.1, 0.15) is 6.10 Å². The lowest BCUT2D eigenvalue weighted by atomic mass is 9.98. The maximum absolute atomic E-state index is 13.2. The number of benzene rings is 2. The summed E-state index contributed by atoms with van der Waals surface area (Å²) in [6, 6.07) is 7.21. The van der Waals surface area contributed by atoms with Crippen LogP contribution < -0.4 is 0 Å². The Morgan fingerprint density at radius 2 is 1.63 bits per heavy atom. The van der Waals surface area contributed by atoms with Crippen molar-refractivity contribution in [2.45, 2.75) is 20.0 Å². The quantitative estimate of drug-likeness (QED) is 0.814. The van der Waals surface area contributed by atoms with Crippen molar-refractivity contribution in [1.29, 1.82) is 0 Å². The second-order valence-electron chi connectivity index (χ2n) is 4.53. The van der Waals surface area contributed by atoms with Gasteiger partial charge in [0.05, 0.1) is 0 Å². The zero-order valence-corrected chi connectivity index (χ0v) is 11.3. The minimum atomic E-state index is -1.08. The molecule has 0 bridgehead atoms. The molecular formula is C15H13ClF2O. The van der Waals surface area contributed by atoms with E-state index in [4.69, 9.17) is 11.6 Å². The molecule has 0 spiro atoms. The van der Waals surface area contributed by atoms with Crippen molar-refractivity contribution in [1.82, 2.24) is 0 Å². The fourth-order valence-corrected chi connectivity index (χ4v) is 2.12. The van der Waals surface area contributed by atoms with E-state index in [9.17, 15) is 13.9 Å². The van der Waals surface area contributed by atoms with Crippen LogP contribution in [0.25, 0.3) is 0 Å². The predicted octanol–water partition coefficient (Wildman–Crippen LogP) is 4.32. The molecule has 1 nitrogen and oxygen atoms in total. The van der Waals surface area contributed by atoms with Gasteiger partial charge >= 0.3 is 0 Å². The molecule has 0 saturated carbocycles. The van der Waals surface area contributed by atoms with Crippen molar-refractivity contribution in [3.63, 3.8) is 0 Å². The second kappa shape index (κ2) is 5.27. The van der Waals surface area contributed by atoms with Crippen LogP contribution in [0.3, 0.4) is 0 Å². The Balaban J connectivity index is 2.46. The predicted molar refractivity (Wildman–Crippen MR) is 71.3 cm³/mol. The van der Waals surface area contributed by atoms with E-state index >= 15 is 0 Å². The van der Waals surface area contributed by atoms with Gasteiger partial charge < -0.3 is 5.11 Å². The average Bonchev–Trinajstić information content (AvgIpc) is 2.36. The molecule has 1 atom stereocenters. The first-order chi connectivity index (χ1) is 8.90. The zero-order valence-electron chi connectivity index (χ0n) is 10.5. The average molecular weight is 283 g/mol. The topological polar surface area (TPSA) is 20.2 Å². The van der Waals surface area contributed by atoms with E-state index in [2.05, 4.69) is 0 Å². The summed E-state index contributed by atoms with van der Waals surface area (Å²) in [5.41, 5.74) is 2.85. The van der Waals surface area contributed by atoms with Crippen molar-refractivity contribution in [2.24, 2.45) is 0 Å². The van der Waals surface area contributed by atoms with Gasteiger partial charge in [-0.1, -0.05) is 29.8 Å². The lowest BCUT2D eigenvalue weighted by molar-refractivity contribution is 0.219. The molecule has 2 aromatic rings. The summed E-state index contributed by atoms with van der Waals surface area (Å²) in [5.74, 6) is -2.05. The summed E-state index contributed by atoms with van der Waals surface area (Å²) < 4.78 is 26.2. The number of aliphatic hydroxyl groups excluding tert-OH is 1. The van der Waals surface area contributed by atoms with Crippen molar-refractivity contribution in [3.8, 4) is 0 Å². The van der Waals surface area contributed by atoms with Crippen molar-refractivity contribution in [2.75, 3.05) is 0 Å². The Morgan fingerprint density at radius 1 is 1.00 bits per heavy atom. The van der Waals surface area contributed by atoms with Crippen LogP contribution in [0.15, 0.2) is 30.3 Å². The maximum Gasteiger partial charge on any atom is 0.160 e. The Bertz CT molecular complexity index is 626. The van der Waals surface area contributed by atoms with Gasteiger partial charge in [0, 0.05) is 10.6 Å². The van der Waals surface area contributed by atoms with Crippen molar-refractivity contribution in [3.05, 3.63) is 69.2 Å². The summed E-state index contributed by atoms with van der Waals surface area (Å²) in [4.78, 5) is 0. The van der Waals surface area contributed by atoms with Crippen molar-refractivity contribution < 1.29 is 13.9 Å². The Kier molecular flexibility index (Phi) is 3.88. The molecule has 2 aromatic carbocycles. The summed E-state index contributed by atoms with van der Waals surface area (Å²) >= 11 is 5.85. The van der Waals surface area contributed by atoms with Gasteiger partial charge in [-0.3, -0.25) is 0 Å². The van der Waals surface area contributed by atoms with Crippen LogP contribution >= 0.6 is 11.6 Å². The lowest BCUT2D eigenvalue weighted by Crippen LogP contribution is -2.03. The summed E-state index contributed by atoms with van der Waals surface area (Å²) in [7, 11) is 0. The number of rotatable bonds is 2. The Labute approximate surface area is 115 Å². The molecule has 0 saturated heterocycles. The molecule has 19 heavy (non-hydrogen) atoms. The Hall–Kier alpha value is -1.45. The third kappa shape index (κ3) is 2.77. The molecule has 0 amide bonds. The van der Waals surface area contributed by atoms with E-state index in [0.29, 0.717) is 5.56 Å². The smallest absolute Gasteiger partial charge is 0.160 e. The molecule has 2 rings (SSSR count). The van der Waals surface area contributed by atoms with E-state index in [1.165, 1.54) is 0 Å². The van der Waals surface area contributed by atoms with Gasteiger partial charge in [-0.2, -0.15) is 0 Å². The van der Waals surface area contributed by atoms with E-state index in [1.54, 1.807) is 12.1 Å². The van der Waals surface area contributed by atoms with Crippen LogP contribution in [-0.4, -0.2) is 5.11 Å². The number of aliphatic hydroxyl groups is 1. The fraction of sp³-hybridized carbons (Fsp3) is 0.200. The molecule has 0 radical (unpaired) electrons. The largest absolute Gasteiger partial charge is 0.384 e. The summed E-state index contributed by atoms with van der Waals surface area (Å²) in [5, 5.41) is 10.2. The molecule has 0 aliphatic carbocycles. The van der Waals surface area contributed by atoms with Gasteiger partial charge in [0.2, 0.25) is 0 Å². The van der Waals surface area contributed by atoms with Gasteiger partial charge in [0.15, 0.2) is 11.6 Å². The molecule has 0 fully saturated rings. The minimum Gasteiger partial charge on any atom is -0.384 e. The zero-order chi connectivity index (χ0) is 14.2. The third-order valence-corrected chi connectivity index (χ3v) is 3.51. The van der Waals surface area contributed by atoms with Gasteiger partial charge in [-0.05, 0) is 42.7 Å². The van der Waals surface area contributed by atoms with Crippen LogP contribution in [0.5, 0.6) is 0 Å². The molecule has 4 heteroatoms. The second-order valence-corrected chi connectivity index (χ2v) is 4.94. The molecule has 0 aromatic heterocycles. The van der Waals surface area contributed by atoms with Gasteiger partial charge in [0.25, 0.3) is 0 Å². The van der Waals surface area contributed by atoms with Crippen LogP contribution in [0.1, 0.15) is 28.4 Å². The highest BCUT2D eigenvalue weighted by molar-refractivity contribution is 6.31. The molecule has 0 heterocycles. The first-order valence-electron chi connectivity index (χ1n) is 5.80. The van der Waals surface area contributed by atoms with Crippen molar-refractivity contribution >= 4 is 11.6 Å². The van der Waals surface area contributed by atoms with Crippen LogP contribution in [0.4, 0.5) is 8.78 Å². The number of hydrogen-bond acceptors (Lipinski definition) is 1. The standard InChI is InChI=1S/C15H13ClF2O/c1-8-3-4-10(5-9(8)2)15(19)11-6-13(17)14(18)7-12(11)16/h3-7,15,19H,1-2H3. The van der Waals surface area contributed by atoms with Crippen LogP contribution in [0, 0.1) is 25.5 Å². The monoisotopic (exact) mass is 282 g/mol. The first kappa shape index (κ1) is 14.0. The maximum atomic E-state index is 13.2. The van der Waals surface area contributed by atoms with Crippen LogP contribution in [-0.2, 0) is 0 Å². The van der Waals surface area contributed by atoms with Crippen LogP contribution in [0.2, 0.25) is 5.02 Å². The van der Waals surface area contributed by atoms with Gasteiger partial charge in [-0.15, -0.1) is 0 Å². The molecule has 0 aliphatic heterocycles. The summed E-state index contributed by atoms with van der Waals surface area (Å²) in [6.45, 7) is 3.87. The highest BCUT2D eigenvalue weighted by Gasteiger charge is 2.17. The van der Waals surface area contributed by atoms with E-state index < -0.39 is 17.7 Å². The van der Waals surface area contributed by atoms with E-state index in [0.717, 1.165) is 23.3 Å². The number of aryl methyl sites for hydroxylation is 2. The third-order valence-electron chi connectivity index (χ3n) is 3.18. The van der Waals surface area contributed by atoms with E-state index in [1.807, 2.05) is 19.9 Å². The Morgan fingerprint density at radius 3 is 2.26 bits per heavy atom. The number of halogens is 3. The highest BCUT2D eigenvalue weighted by Crippen LogP contribution is 2.30. The minimum absolute atomic E-state index is 0.00429. The highest BCUT2D eigenvalue weighted by atomic mass is 35.5. The number of hydrogen-bond donors (Lipinski definition) is 1. The molecule has 1 unspecified atom stereocenters. The molecule has 0 aliphatic rings. The van der Waals surface area contributed by atoms with Gasteiger partial charge in [-0.25, -0.2) is 8.78 Å². The lowest BCUT2D eigenvalue weighted by Gasteiger charge is -2.15. The SMILES string of the molecule is Cc1ccc(C(O)c2cc(F)c(F)cc2Cl)cc1C. The summed E-state index contributed by atoms with van der Waals surface area (Å²) in [6.07, 6.45) is -1.08. The fourth-order valence-electron chi connectivity index (χ4n) is 1.86. The first-order valence-corrected chi connectivity index (χ1v) is 6.17. The molecule has 100 valence electrons. The normalized spacial score (nSPS) is 12.5.